The second-order valence-electron chi connectivity index (χ2n) is 5.03. The Kier molecular flexibility index (Phi) is 4.98. The van der Waals surface area contributed by atoms with E-state index in [1.54, 1.807) is 6.33 Å². The maximum Gasteiger partial charge on any atom is 0.140 e. The van der Waals surface area contributed by atoms with Gasteiger partial charge in [0.1, 0.15) is 12.2 Å². The molecule has 0 radical (unpaired) electrons. The molecule has 1 aliphatic rings. The Balaban J connectivity index is 1.71. The van der Waals surface area contributed by atoms with E-state index in [4.69, 9.17) is 0 Å². The molecule has 0 spiro atoms. The number of aromatic nitrogens is 3. The molecule has 1 fully saturated rings. The van der Waals surface area contributed by atoms with E-state index in [2.05, 4.69) is 22.3 Å². The van der Waals surface area contributed by atoms with Gasteiger partial charge in [-0.15, -0.1) is 0 Å². The molecule has 0 atom stereocenters. The maximum absolute atomic E-state index is 4.31. The monoisotopic (exact) mass is 236 g/mol. The zero-order valence-electron chi connectivity index (χ0n) is 10.9. The Hall–Kier alpha value is -0.900. The van der Waals surface area contributed by atoms with Gasteiger partial charge < -0.3 is 5.32 Å². The Labute approximate surface area is 104 Å². The van der Waals surface area contributed by atoms with Crippen LogP contribution in [0.2, 0.25) is 0 Å². The van der Waals surface area contributed by atoms with Crippen LogP contribution in [0.25, 0.3) is 0 Å². The third-order valence-corrected chi connectivity index (χ3v) is 3.57. The van der Waals surface area contributed by atoms with Crippen molar-refractivity contribution in [3.8, 4) is 0 Å². The SMILES string of the molecule is CCCn1ncnc1CNCC1CCCCC1. The van der Waals surface area contributed by atoms with Gasteiger partial charge in [-0.1, -0.05) is 26.2 Å². The molecule has 1 aromatic heterocycles. The van der Waals surface area contributed by atoms with E-state index in [1.807, 2.05) is 4.68 Å². The summed E-state index contributed by atoms with van der Waals surface area (Å²) in [4.78, 5) is 4.31. The highest BCUT2D eigenvalue weighted by molar-refractivity contribution is 4.84. The van der Waals surface area contributed by atoms with Gasteiger partial charge in [0.25, 0.3) is 0 Å². The Morgan fingerprint density at radius 1 is 1.35 bits per heavy atom. The average molecular weight is 236 g/mol. The molecule has 4 heteroatoms. The van der Waals surface area contributed by atoms with Crippen molar-refractivity contribution in [3.05, 3.63) is 12.2 Å². The Morgan fingerprint density at radius 2 is 2.18 bits per heavy atom. The number of aryl methyl sites for hydroxylation is 1. The van der Waals surface area contributed by atoms with E-state index in [0.29, 0.717) is 0 Å². The minimum absolute atomic E-state index is 0.858. The standard InChI is InChI=1S/C13H24N4/c1-2-8-17-13(15-11-16-17)10-14-9-12-6-4-3-5-7-12/h11-12,14H,2-10H2,1H3. The van der Waals surface area contributed by atoms with Gasteiger partial charge in [-0.3, -0.25) is 0 Å². The number of hydrogen-bond acceptors (Lipinski definition) is 3. The predicted molar refractivity (Wildman–Crippen MR) is 68.6 cm³/mol. The number of nitrogens with zero attached hydrogens (tertiary/aromatic N) is 3. The third kappa shape index (κ3) is 3.80. The molecule has 2 rings (SSSR count). The summed E-state index contributed by atoms with van der Waals surface area (Å²) in [5, 5.41) is 7.77. The molecular weight excluding hydrogens is 212 g/mol. The second kappa shape index (κ2) is 6.74. The van der Waals surface area contributed by atoms with Crippen LogP contribution < -0.4 is 5.32 Å². The van der Waals surface area contributed by atoms with Gasteiger partial charge in [0, 0.05) is 6.54 Å². The van der Waals surface area contributed by atoms with Gasteiger partial charge in [-0.2, -0.15) is 5.10 Å². The molecule has 1 saturated carbocycles. The first kappa shape index (κ1) is 12.6. The molecule has 0 aromatic carbocycles. The molecule has 0 amide bonds. The number of hydrogen-bond donors (Lipinski definition) is 1. The summed E-state index contributed by atoms with van der Waals surface area (Å²) in [7, 11) is 0. The summed E-state index contributed by atoms with van der Waals surface area (Å²) in [6, 6.07) is 0. The van der Waals surface area contributed by atoms with Crippen molar-refractivity contribution in [2.24, 2.45) is 5.92 Å². The van der Waals surface area contributed by atoms with Crippen LogP contribution in [0.1, 0.15) is 51.3 Å². The van der Waals surface area contributed by atoms with Crippen LogP contribution in [-0.4, -0.2) is 21.3 Å². The molecule has 1 N–H and O–H groups in total. The summed E-state index contributed by atoms with van der Waals surface area (Å²) < 4.78 is 2.01. The van der Waals surface area contributed by atoms with Crippen molar-refractivity contribution >= 4 is 0 Å². The summed E-state index contributed by atoms with van der Waals surface area (Å²) in [6.07, 6.45) is 9.83. The highest BCUT2D eigenvalue weighted by Gasteiger charge is 2.13. The predicted octanol–water partition coefficient (Wildman–Crippen LogP) is 2.36. The number of nitrogens with one attached hydrogen (secondary N) is 1. The van der Waals surface area contributed by atoms with Gasteiger partial charge in [0.15, 0.2) is 0 Å². The number of rotatable bonds is 6. The maximum atomic E-state index is 4.31. The molecule has 17 heavy (non-hydrogen) atoms. The molecule has 0 saturated heterocycles. The summed E-state index contributed by atoms with van der Waals surface area (Å²) in [6.45, 7) is 5.14. The van der Waals surface area contributed by atoms with Crippen molar-refractivity contribution in [2.45, 2.75) is 58.5 Å². The lowest BCUT2D eigenvalue weighted by Gasteiger charge is -2.21. The van der Waals surface area contributed by atoms with Crippen LogP contribution in [0.5, 0.6) is 0 Å². The Bertz CT molecular complexity index is 315. The van der Waals surface area contributed by atoms with Crippen LogP contribution >= 0.6 is 0 Å². The minimum Gasteiger partial charge on any atom is -0.310 e. The zero-order chi connectivity index (χ0) is 11.9. The quantitative estimate of drug-likeness (QED) is 0.824. The fourth-order valence-corrected chi connectivity index (χ4v) is 2.60. The van der Waals surface area contributed by atoms with E-state index in [0.717, 1.165) is 37.8 Å². The van der Waals surface area contributed by atoms with Gasteiger partial charge in [0.2, 0.25) is 0 Å². The van der Waals surface area contributed by atoms with Crippen LogP contribution in [-0.2, 0) is 13.1 Å². The molecule has 1 heterocycles. The van der Waals surface area contributed by atoms with Gasteiger partial charge >= 0.3 is 0 Å². The van der Waals surface area contributed by atoms with Crippen LogP contribution in [0, 0.1) is 5.92 Å². The minimum atomic E-state index is 0.858. The van der Waals surface area contributed by atoms with Crippen LogP contribution in [0.4, 0.5) is 0 Å². The molecule has 4 nitrogen and oxygen atoms in total. The van der Waals surface area contributed by atoms with Crippen molar-refractivity contribution < 1.29 is 0 Å². The largest absolute Gasteiger partial charge is 0.310 e. The highest BCUT2D eigenvalue weighted by Crippen LogP contribution is 2.22. The smallest absolute Gasteiger partial charge is 0.140 e. The molecule has 0 unspecified atom stereocenters. The molecule has 0 bridgehead atoms. The normalized spacial score (nSPS) is 17.5. The lowest BCUT2D eigenvalue weighted by molar-refractivity contribution is 0.339. The van der Waals surface area contributed by atoms with E-state index < -0.39 is 0 Å². The van der Waals surface area contributed by atoms with Crippen molar-refractivity contribution in [3.63, 3.8) is 0 Å². The van der Waals surface area contributed by atoms with Gasteiger partial charge in [-0.05, 0) is 31.7 Å². The molecule has 1 aromatic rings. The fourth-order valence-electron chi connectivity index (χ4n) is 2.60. The zero-order valence-corrected chi connectivity index (χ0v) is 10.9. The summed E-state index contributed by atoms with van der Waals surface area (Å²) >= 11 is 0. The first-order chi connectivity index (χ1) is 8.40. The van der Waals surface area contributed by atoms with E-state index in [9.17, 15) is 0 Å². The summed E-state index contributed by atoms with van der Waals surface area (Å²) in [5.41, 5.74) is 0. The molecule has 96 valence electrons. The first-order valence-electron chi connectivity index (χ1n) is 6.97. The van der Waals surface area contributed by atoms with Gasteiger partial charge in [0.05, 0.1) is 6.54 Å². The second-order valence-corrected chi connectivity index (χ2v) is 5.03. The first-order valence-corrected chi connectivity index (χ1v) is 6.97. The summed E-state index contributed by atoms with van der Waals surface area (Å²) in [5.74, 6) is 1.95. The van der Waals surface area contributed by atoms with E-state index in [-0.39, 0.29) is 0 Å². The molecule has 1 aliphatic carbocycles. The van der Waals surface area contributed by atoms with E-state index in [1.165, 1.54) is 32.1 Å². The molecular formula is C13H24N4. The highest BCUT2D eigenvalue weighted by atomic mass is 15.3. The van der Waals surface area contributed by atoms with Gasteiger partial charge in [-0.25, -0.2) is 9.67 Å². The van der Waals surface area contributed by atoms with E-state index >= 15 is 0 Å². The lowest BCUT2D eigenvalue weighted by Crippen LogP contribution is -2.25. The van der Waals surface area contributed by atoms with Crippen LogP contribution in [0.15, 0.2) is 6.33 Å². The average Bonchev–Trinajstić information content (AvgIpc) is 2.79. The van der Waals surface area contributed by atoms with Crippen molar-refractivity contribution in [1.82, 2.24) is 20.1 Å². The van der Waals surface area contributed by atoms with Crippen molar-refractivity contribution in [1.29, 1.82) is 0 Å². The topological polar surface area (TPSA) is 42.7 Å². The third-order valence-electron chi connectivity index (χ3n) is 3.57. The van der Waals surface area contributed by atoms with Crippen molar-refractivity contribution in [2.75, 3.05) is 6.54 Å². The van der Waals surface area contributed by atoms with Crippen LogP contribution in [0.3, 0.4) is 0 Å². The fraction of sp³-hybridized carbons (Fsp3) is 0.846. The lowest BCUT2D eigenvalue weighted by atomic mass is 9.89. The molecule has 0 aliphatic heterocycles. The Morgan fingerprint density at radius 3 is 2.94 bits per heavy atom.